The van der Waals surface area contributed by atoms with E-state index in [2.05, 4.69) is 81.5 Å². The fraction of sp³-hybridized carbons (Fsp3) is 0.824. The van der Waals surface area contributed by atoms with E-state index in [4.69, 9.17) is 14.2 Å². The van der Waals surface area contributed by atoms with E-state index in [0.717, 1.165) is 96.3 Å². The normalized spacial score (nSPS) is 12.4. The molecule has 466 valence electrons. The van der Waals surface area contributed by atoms with E-state index in [0.29, 0.717) is 19.3 Å². The van der Waals surface area contributed by atoms with Crippen LogP contribution in [0.3, 0.4) is 0 Å². The molecule has 0 aliphatic heterocycles. The number of carbonyl (C=O) groups is 3. The molecule has 80 heavy (non-hydrogen) atoms. The molecule has 0 aliphatic carbocycles. The van der Waals surface area contributed by atoms with Gasteiger partial charge < -0.3 is 14.2 Å². The zero-order valence-electron chi connectivity index (χ0n) is 53.6. The number of rotatable bonds is 65. The van der Waals surface area contributed by atoms with Crippen LogP contribution in [0.25, 0.3) is 0 Å². The summed E-state index contributed by atoms with van der Waals surface area (Å²) in [4.78, 5) is 38.3. The summed E-state index contributed by atoms with van der Waals surface area (Å²) in [6.07, 6.45) is 88.5. The largest absolute Gasteiger partial charge is 0.462 e. The summed E-state index contributed by atoms with van der Waals surface area (Å²) in [7, 11) is 0. The van der Waals surface area contributed by atoms with Crippen molar-refractivity contribution in [2.24, 2.45) is 0 Å². The van der Waals surface area contributed by atoms with Crippen LogP contribution in [-0.4, -0.2) is 37.2 Å². The van der Waals surface area contributed by atoms with Crippen molar-refractivity contribution < 1.29 is 28.6 Å². The zero-order valence-corrected chi connectivity index (χ0v) is 53.6. The van der Waals surface area contributed by atoms with Crippen LogP contribution in [0.15, 0.2) is 60.8 Å². The van der Waals surface area contributed by atoms with Gasteiger partial charge in [0.05, 0.1) is 0 Å². The lowest BCUT2D eigenvalue weighted by molar-refractivity contribution is -0.167. The molecule has 0 fully saturated rings. The zero-order chi connectivity index (χ0) is 57.8. The Morgan fingerprint density at radius 2 is 0.487 bits per heavy atom. The average Bonchev–Trinajstić information content (AvgIpc) is 3.46. The standard InChI is InChI=1S/C74H134O6/c1-4-7-10-13-16-19-22-25-27-29-30-31-32-33-34-35-36-37-38-39-40-41-42-43-45-46-49-52-55-58-61-64-67-73(76)79-70-71(69-78-72(75)66-63-60-57-54-51-48-24-21-18-15-12-9-6-3)80-74(77)68-65-62-59-56-53-50-47-44-28-26-23-20-17-14-11-8-5-2/h9,12,17-18,20-21,26,28,48,51,71H,4-8,10-11,13-16,19,22-25,27,29-47,49-50,52-70H2,1-3H3/b12-9-,20-17-,21-18-,28-26-,51-48-. The number of ether oxygens (including phenoxy) is 3. The van der Waals surface area contributed by atoms with Gasteiger partial charge in [0.15, 0.2) is 6.10 Å². The Balaban J connectivity index is 4.14. The molecular formula is C74H134O6. The fourth-order valence-electron chi connectivity index (χ4n) is 10.5. The van der Waals surface area contributed by atoms with Crippen molar-refractivity contribution in [2.45, 2.75) is 380 Å². The first-order valence-corrected chi connectivity index (χ1v) is 35.3. The molecule has 6 nitrogen and oxygen atoms in total. The molecule has 0 aromatic heterocycles. The van der Waals surface area contributed by atoms with Crippen molar-refractivity contribution in [2.75, 3.05) is 13.2 Å². The van der Waals surface area contributed by atoms with E-state index in [1.807, 2.05) is 0 Å². The summed E-state index contributed by atoms with van der Waals surface area (Å²) in [5.41, 5.74) is 0. The number of esters is 3. The second-order valence-electron chi connectivity index (χ2n) is 23.8. The molecule has 0 aromatic carbocycles. The Hall–Kier alpha value is -2.89. The second-order valence-corrected chi connectivity index (χ2v) is 23.8. The van der Waals surface area contributed by atoms with Gasteiger partial charge >= 0.3 is 17.9 Å². The molecule has 0 amide bonds. The van der Waals surface area contributed by atoms with Crippen molar-refractivity contribution in [3.63, 3.8) is 0 Å². The molecular weight excluding hydrogens is 985 g/mol. The lowest BCUT2D eigenvalue weighted by atomic mass is 10.0. The monoisotopic (exact) mass is 1120 g/mol. The Kier molecular flexibility index (Phi) is 66.1. The van der Waals surface area contributed by atoms with Gasteiger partial charge in [0.1, 0.15) is 13.2 Å². The highest BCUT2D eigenvalue weighted by Gasteiger charge is 2.19. The molecule has 0 spiro atoms. The van der Waals surface area contributed by atoms with Crippen molar-refractivity contribution in [3.8, 4) is 0 Å². The highest BCUT2D eigenvalue weighted by atomic mass is 16.6. The number of carbonyl (C=O) groups excluding carboxylic acids is 3. The summed E-state index contributed by atoms with van der Waals surface area (Å²) >= 11 is 0. The molecule has 1 unspecified atom stereocenters. The van der Waals surface area contributed by atoms with Gasteiger partial charge in [0.2, 0.25) is 0 Å². The highest BCUT2D eigenvalue weighted by molar-refractivity contribution is 5.71. The van der Waals surface area contributed by atoms with Gasteiger partial charge in [-0.1, -0.05) is 332 Å². The van der Waals surface area contributed by atoms with E-state index < -0.39 is 6.10 Å². The summed E-state index contributed by atoms with van der Waals surface area (Å²) in [6.45, 7) is 6.52. The maximum atomic E-state index is 12.9. The minimum Gasteiger partial charge on any atom is -0.462 e. The third kappa shape index (κ3) is 65.9. The van der Waals surface area contributed by atoms with Crippen LogP contribution in [0.4, 0.5) is 0 Å². The van der Waals surface area contributed by atoms with E-state index in [1.165, 1.54) is 238 Å². The van der Waals surface area contributed by atoms with E-state index in [9.17, 15) is 14.4 Å². The predicted molar refractivity (Wildman–Crippen MR) is 348 cm³/mol. The lowest BCUT2D eigenvalue weighted by Gasteiger charge is -2.18. The average molecular weight is 1120 g/mol. The van der Waals surface area contributed by atoms with Gasteiger partial charge in [-0.3, -0.25) is 14.4 Å². The third-order valence-corrected chi connectivity index (χ3v) is 15.8. The Bertz CT molecular complexity index is 1430. The van der Waals surface area contributed by atoms with Crippen LogP contribution in [0.5, 0.6) is 0 Å². The summed E-state index contributed by atoms with van der Waals surface area (Å²) in [6, 6.07) is 0. The molecule has 0 rings (SSSR count). The quantitative estimate of drug-likeness (QED) is 0.0261. The Labute approximate surface area is 498 Å². The Morgan fingerprint density at radius 1 is 0.263 bits per heavy atom. The van der Waals surface area contributed by atoms with Crippen LogP contribution in [0, 0.1) is 0 Å². The third-order valence-electron chi connectivity index (χ3n) is 15.8. The molecule has 0 bridgehead atoms. The molecule has 0 saturated carbocycles. The van der Waals surface area contributed by atoms with Gasteiger partial charge in [0, 0.05) is 19.3 Å². The van der Waals surface area contributed by atoms with Gasteiger partial charge in [-0.15, -0.1) is 0 Å². The molecule has 6 heteroatoms. The van der Waals surface area contributed by atoms with Crippen molar-refractivity contribution in [3.05, 3.63) is 60.8 Å². The summed E-state index contributed by atoms with van der Waals surface area (Å²) < 4.78 is 16.9. The van der Waals surface area contributed by atoms with E-state index in [1.54, 1.807) is 0 Å². The maximum Gasteiger partial charge on any atom is 0.306 e. The molecule has 1 atom stereocenters. The number of hydrogen-bond acceptors (Lipinski definition) is 6. The van der Waals surface area contributed by atoms with Gasteiger partial charge in [0.25, 0.3) is 0 Å². The highest BCUT2D eigenvalue weighted by Crippen LogP contribution is 2.18. The minimum atomic E-state index is -0.790. The van der Waals surface area contributed by atoms with Crippen molar-refractivity contribution in [1.82, 2.24) is 0 Å². The van der Waals surface area contributed by atoms with Gasteiger partial charge in [-0.2, -0.15) is 0 Å². The van der Waals surface area contributed by atoms with Crippen LogP contribution < -0.4 is 0 Å². The van der Waals surface area contributed by atoms with E-state index in [-0.39, 0.29) is 31.1 Å². The molecule has 0 aromatic rings. The van der Waals surface area contributed by atoms with Crippen LogP contribution in [0.1, 0.15) is 374 Å². The first kappa shape index (κ1) is 77.1. The van der Waals surface area contributed by atoms with Gasteiger partial charge in [-0.05, 0) is 83.5 Å². The summed E-state index contributed by atoms with van der Waals surface area (Å²) in [5.74, 6) is -0.903. The van der Waals surface area contributed by atoms with Crippen LogP contribution in [0.2, 0.25) is 0 Å². The smallest absolute Gasteiger partial charge is 0.306 e. The van der Waals surface area contributed by atoms with Crippen molar-refractivity contribution >= 4 is 17.9 Å². The first-order valence-electron chi connectivity index (χ1n) is 35.3. The SMILES string of the molecule is CC/C=C\C/C=C\C/C=C\CCCCCC(=O)OCC(COC(=O)CCCCCCCCCCCCCCCCCCCCCCCCCCCCCCCCCC)OC(=O)CCCCCCCCC/C=C\C/C=C\CCCCC. The molecule has 0 saturated heterocycles. The minimum absolute atomic E-state index is 0.0839. The number of allylic oxidation sites excluding steroid dienone is 10. The van der Waals surface area contributed by atoms with Crippen LogP contribution >= 0.6 is 0 Å². The van der Waals surface area contributed by atoms with Crippen LogP contribution in [-0.2, 0) is 28.6 Å². The number of unbranched alkanes of at least 4 members (excludes halogenated alkanes) is 44. The topological polar surface area (TPSA) is 78.9 Å². The summed E-state index contributed by atoms with van der Waals surface area (Å²) in [5, 5.41) is 0. The van der Waals surface area contributed by atoms with Crippen molar-refractivity contribution in [1.29, 1.82) is 0 Å². The fourth-order valence-corrected chi connectivity index (χ4v) is 10.5. The first-order chi connectivity index (χ1) is 39.5. The number of hydrogen-bond donors (Lipinski definition) is 0. The molecule has 0 heterocycles. The Morgan fingerprint density at radius 3 is 0.800 bits per heavy atom. The molecule has 0 N–H and O–H groups in total. The second kappa shape index (κ2) is 68.6. The van der Waals surface area contributed by atoms with E-state index >= 15 is 0 Å². The molecule has 0 radical (unpaired) electrons. The lowest BCUT2D eigenvalue weighted by Crippen LogP contribution is -2.30. The predicted octanol–water partition coefficient (Wildman–Crippen LogP) is 24.3. The molecule has 0 aliphatic rings. The van der Waals surface area contributed by atoms with Gasteiger partial charge in [-0.25, -0.2) is 0 Å². The maximum absolute atomic E-state index is 12.9.